The lowest BCUT2D eigenvalue weighted by Crippen LogP contribution is -2.29. The van der Waals surface area contributed by atoms with Crippen molar-refractivity contribution in [3.05, 3.63) is 29.3 Å². The third-order valence-electron chi connectivity index (χ3n) is 3.20. The molecule has 1 unspecified atom stereocenters. The lowest BCUT2D eigenvalue weighted by Gasteiger charge is -2.15. The summed E-state index contributed by atoms with van der Waals surface area (Å²) in [6.45, 7) is 4.19. The highest BCUT2D eigenvalue weighted by molar-refractivity contribution is 5.95. The van der Waals surface area contributed by atoms with Gasteiger partial charge in [0.05, 0.1) is 18.6 Å². The highest BCUT2D eigenvalue weighted by Gasteiger charge is 2.17. The number of hydrogen-bond acceptors (Lipinski definition) is 4. The van der Waals surface area contributed by atoms with Gasteiger partial charge in [-0.15, -0.1) is 0 Å². The number of nitrogens with two attached hydrogens (primary N) is 1. The van der Waals surface area contributed by atoms with Gasteiger partial charge in [-0.2, -0.15) is 0 Å². The van der Waals surface area contributed by atoms with Crippen LogP contribution in [0.1, 0.15) is 35.7 Å². The molecule has 5 nitrogen and oxygen atoms in total. The summed E-state index contributed by atoms with van der Waals surface area (Å²) >= 11 is 0. The van der Waals surface area contributed by atoms with Crippen LogP contribution in [0, 0.1) is 12.8 Å². The molecule has 0 aliphatic heterocycles. The molecule has 0 heterocycles. The first-order valence-electron chi connectivity index (χ1n) is 6.73. The molecule has 0 saturated heterocycles. The van der Waals surface area contributed by atoms with Gasteiger partial charge in [0.2, 0.25) is 5.91 Å². The Balaban J connectivity index is 2.83. The van der Waals surface area contributed by atoms with E-state index in [4.69, 9.17) is 5.73 Å². The van der Waals surface area contributed by atoms with E-state index in [2.05, 4.69) is 10.1 Å². The van der Waals surface area contributed by atoms with Gasteiger partial charge in [0, 0.05) is 12.2 Å². The van der Waals surface area contributed by atoms with E-state index in [9.17, 15) is 9.59 Å². The second kappa shape index (κ2) is 7.65. The van der Waals surface area contributed by atoms with E-state index in [1.807, 2.05) is 13.8 Å². The first-order chi connectivity index (χ1) is 9.53. The molecular formula is C15H22N2O3. The lowest BCUT2D eigenvalue weighted by molar-refractivity contribution is -0.119. The van der Waals surface area contributed by atoms with Crippen molar-refractivity contribution in [1.82, 2.24) is 0 Å². The fourth-order valence-corrected chi connectivity index (χ4v) is 1.99. The fourth-order valence-electron chi connectivity index (χ4n) is 1.99. The first kappa shape index (κ1) is 16.2. The Kier molecular flexibility index (Phi) is 6.18. The average molecular weight is 278 g/mol. The van der Waals surface area contributed by atoms with Crippen LogP contribution in [-0.2, 0) is 9.53 Å². The molecule has 0 fully saturated rings. The summed E-state index contributed by atoms with van der Waals surface area (Å²) in [5.41, 5.74) is 7.58. The largest absolute Gasteiger partial charge is 0.465 e. The van der Waals surface area contributed by atoms with Crippen molar-refractivity contribution in [3.63, 3.8) is 0 Å². The smallest absolute Gasteiger partial charge is 0.337 e. The minimum absolute atomic E-state index is 0.0803. The maximum atomic E-state index is 12.1. The number of benzene rings is 1. The van der Waals surface area contributed by atoms with E-state index in [0.717, 1.165) is 18.4 Å². The van der Waals surface area contributed by atoms with E-state index in [1.165, 1.54) is 7.11 Å². The molecule has 0 saturated carbocycles. The van der Waals surface area contributed by atoms with E-state index < -0.39 is 5.97 Å². The Labute approximate surface area is 119 Å². The van der Waals surface area contributed by atoms with Gasteiger partial charge in [-0.3, -0.25) is 4.79 Å². The second-order valence-electron chi connectivity index (χ2n) is 4.73. The molecular weight excluding hydrogens is 256 g/mol. The highest BCUT2D eigenvalue weighted by atomic mass is 16.5. The zero-order valence-corrected chi connectivity index (χ0v) is 12.2. The molecule has 1 aromatic rings. The van der Waals surface area contributed by atoms with Crippen LogP contribution in [0.5, 0.6) is 0 Å². The van der Waals surface area contributed by atoms with Gasteiger partial charge in [-0.05, 0) is 37.1 Å². The predicted molar refractivity (Wildman–Crippen MR) is 78.6 cm³/mol. The van der Waals surface area contributed by atoms with Crippen molar-refractivity contribution >= 4 is 17.6 Å². The predicted octanol–water partition coefficient (Wildman–Crippen LogP) is 2.10. The van der Waals surface area contributed by atoms with Crippen LogP contribution in [0.3, 0.4) is 0 Å². The van der Waals surface area contributed by atoms with Crippen LogP contribution in [0.2, 0.25) is 0 Å². The summed E-state index contributed by atoms with van der Waals surface area (Å²) in [6, 6.07) is 5.03. The van der Waals surface area contributed by atoms with Crippen molar-refractivity contribution in [2.75, 3.05) is 19.0 Å². The minimum Gasteiger partial charge on any atom is -0.465 e. The quantitative estimate of drug-likeness (QED) is 0.781. The zero-order chi connectivity index (χ0) is 15.1. The monoisotopic (exact) mass is 278 g/mol. The normalized spacial score (nSPS) is 11.8. The molecule has 5 heteroatoms. The van der Waals surface area contributed by atoms with Crippen molar-refractivity contribution in [2.24, 2.45) is 11.7 Å². The number of hydrogen-bond donors (Lipinski definition) is 2. The van der Waals surface area contributed by atoms with Crippen LogP contribution in [0.4, 0.5) is 5.69 Å². The van der Waals surface area contributed by atoms with Crippen molar-refractivity contribution in [3.8, 4) is 0 Å². The van der Waals surface area contributed by atoms with Crippen LogP contribution >= 0.6 is 0 Å². The summed E-state index contributed by atoms with van der Waals surface area (Å²) in [4.78, 5) is 23.5. The minimum atomic E-state index is -0.392. The standard InChI is InChI=1S/C15H22N2O3/c1-4-5-12(9-16)14(18)17-13-7-6-11(8-10(13)2)15(19)20-3/h6-8,12H,4-5,9,16H2,1-3H3,(H,17,18). The fraction of sp³-hybridized carbons (Fsp3) is 0.467. The topological polar surface area (TPSA) is 81.4 Å². The van der Waals surface area contributed by atoms with Gasteiger partial charge in [0.25, 0.3) is 0 Å². The molecule has 1 rings (SSSR count). The number of anilines is 1. The summed E-state index contributed by atoms with van der Waals surface area (Å²) < 4.78 is 4.66. The number of nitrogens with one attached hydrogen (secondary N) is 1. The molecule has 0 spiro atoms. The maximum absolute atomic E-state index is 12.1. The Morgan fingerprint density at radius 2 is 2.10 bits per heavy atom. The third-order valence-corrected chi connectivity index (χ3v) is 3.20. The highest BCUT2D eigenvalue weighted by Crippen LogP contribution is 2.18. The maximum Gasteiger partial charge on any atom is 0.337 e. The molecule has 1 aromatic carbocycles. The van der Waals surface area contributed by atoms with Crippen molar-refractivity contribution < 1.29 is 14.3 Å². The van der Waals surface area contributed by atoms with Crippen molar-refractivity contribution in [1.29, 1.82) is 0 Å². The van der Waals surface area contributed by atoms with Crippen LogP contribution in [-0.4, -0.2) is 25.5 Å². The number of ether oxygens (including phenoxy) is 1. The van der Waals surface area contributed by atoms with Gasteiger partial charge in [-0.1, -0.05) is 13.3 Å². The van der Waals surface area contributed by atoms with E-state index >= 15 is 0 Å². The summed E-state index contributed by atoms with van der Waals surface area (Å²) in [7, 11) is 1.34. The van der Waals surface area contributed by atoms with Crippen LogP contribution < -0.4 is 11.1 Å². The molecule has 3 N–H and O–H groups in total. The molecule has 0 radical (unpaired) electrons. The number of rotatable bonds is 6. The molecule has 0 aliphatic carbocycles. The van der Waals surface area contributed by atoms with Gasteiger partial charge in [0.15, 0.2) is 0 Å². The van der Waals surface area contributed by atoms with Gasteiger partial charge >= 0.3 is 5.97 Å². The Morgan fingerprint density at radius 3 is 2.60 bits per heavy atom. The van der Waals surface area contributed by atoms with Gasteiger partial charge in [-0.25, -0.2) is 4.79 Å². The van der Waals surface area contributed by atoms with Crippen LogP contribution in [0.25, 0.3) is 0 Å². The van der Waals surface area contributed by atoms with E-state index in [0.29, 0.717) is 17.8 Å². The first-order valence-corrected chi connectivity index (χ1v) is 6.73. The Morgan fingerprint density at radius 1 is 1.40 bits per heavy atom. The molecule has 1 amide bonds. The number of carbonyl (C=O) groups excluding carboxylic acids is 2. The summed E-state index contributed by atoms with van der Waals surface area (Å²) in [5.74, 6) is -0.653. The third kappa shape index (κ3) is 4.06. The number of carbonyl (C=O) groups is 2. The SMILES string of the molecule is CCCC(CN)C(=O)Nc1ccc(C(=O)OC)cc1C. The zero-order valence-electron chi connectivity index (χ0n) is 12.2. The molecule has 20 heavy (non-hydrogen) atoms. The Hall–Kier alpha value is -1.88. The number of amides is 1. The average Bonchev–Trinajstić information content (AvgIpc) is 2.45. The molecule has 0 aliphatic rings. The van der Waals surface area contributed by atoms with Crippen LogP contribution in [0.15, 0.2) is 18.2 Å². The van der Waals surface area contributed by atoms with Gasteiger partial charge < -0.3 is 15.8 Å². The Bertz CT molecular complexity index is 486. The molecule has 0 bridgehead atoms. The van der Waals surface area contributed by atoms with E-state index in [1.54, 1.807) is 18.2 Å². The summed E-state index contributed by atoms with van der Waals surface area (Å²) in [6.07, 6.45) is 1.68. The van der Waals surface area contributed by atoms with Crippen molar-refractivity contribution in [2.45, 2.75) is 26.7 Å². The number of methoxy groups -OCH3 is 1. The second-order valence-corrected chi connectivity index (χ2v) is 4.73. The summed E-state index contributed by atoms with van der Waals surface area (Å²) in [5, 5.41) is 2.86. The number of aryl methyl sites for hydroxylation is 1. The molecule has 110 valence electrons. The number of esters is 1. The molecule has 1 atom stereocenters. The lowest BCUT2D eigenvalue weighted by atomic mass is 10.0. The molecule has 0 aromatic heterocycles. The van der Waals surface area contributed by atoms with Gasteiger partial charge in [0.1, 0.15) is 0 Å². The van der Waals surface area contributed by atoms with E-state index in [-0.39, 0.29) is 11.8 Å².